The minimum Gasteiger partial charge on any atom is -0.490 e. The van der Waals surface area contributed by atoms with Crippen molar-refractivity contribution in [3.63, 3.8) is 0 Å². The van der Waals surface area contributed by atoms with Crippen LogP contribution >= 0.6 is 27.3 Å². The van der Waals surface area contributed by atoms with Gasteiger partial charge in [0.2, 0.25) is 0 Å². The van der Waals surface area contributed by atoms with E-state index in [0.29, 0.717) is 19.8 Å². The van der Waals surface area contributed by atoms with Crippen LogP contribution in [-0.2, 0) is 13.0 Å². The first-order valence-electron chi connectivity index (χ1n) is 6.55. The van der Waals surface area contributed by atoms with Gasteiger partial charge in [0.25, 0.3) is 0 Å². The Morgan fingerprint density at radius 2 is 2.10 bits per heavy atom. The highest BCUT2D eigenvalue weighted by Crippen LogP contribution is 2.33. The summed E-state index contributed by atoms with van der Waals surface area (Å²) in [4.78, 5) is 1.16. The van der Waals surface area contributed by atoms with E-state index in [0.717, 1.165) is 32.8 Å². The molecular weight excluding hydrogens is 338 g/mol. The van der Waals surface area contributed by atoms with Gasteiger partial charge in [0.15, 0.2) is 11.5 Å². The molecule has 1 aromatic carbocycles. The second-order valence-corrected chi connectivity index (χ2v) is 6.05. The highest BCUT2D eigenvalue weighted by Gasteiger charge is 2.12. The minimum absolute atomic E-state index is 0.528. The van der Waals surface area contributed by atoms with Gasteiger partial charge in [-0.15, -0.1) is 11.3 Å². The van der Waals surface area contributed by atoms with Gasteiger partial charge in [0.1, 0.15) is 6.61 Å². The number of thiophene rings is 1. The van der Waals surface area contributed by atoms with Crippen LogP contribution in [-0.4, -0.2) is 13.2 Å². The van der Waals surface area contributed by atoms with Crippen molar-refractivity contribution >= 4 is 27.3 Å². The second-order valence-electron chi connectivity index (χ2n) is 4.20. The number of ether oxygens (including phenoxy) is 2. The van der Waals surface area contributed by atoms with Gasteiger partial charge in [0, 0.05) is 4.47 Å². The molecule has 3 nitrogen and oxygen atoms in total. The molecule has 0 aliphatic carbocycles. The summed E-state index contributed by atoms with van der Waals surface area (Å²) in [5.74, 6) is 1.59. The van der Waals surface area contributed by atoms with Crippen LogP contribution < -0.4 is 15.2 Å². The van der Waals surface area contributed by atoms with Crippen molar-refractivity contribution in [2.75, 3.05) is 13.2 Å². The summed E-state index contributed by atoms with van der Waals surface area (Å²) in [6.45, 7) is 3.70. The highest BCUT2D eigenvalue weighted by atomic mass is 79.9. The van der Waals surface area contributed by atoms with E-state index in [1.807, 2.05) is 36.6 Å². The molecule has 20 heavy (non-hydrogen) atoms. The fourth-order valence-electron chi connectivity index (χ4n) is 1.91. The lowest BCUT2D eigenvalue weighted by molar-refractivity contribution is 0.268. The maximum atomic E-state index is 6.00. The summed E-state index contributed by atoms with van der Waals surface area (Å²) >= 11 is 5.19. The van der Waals surface area contributed by atoms with Crippen molar-refractivity contribution in [1.82, 2.24) is 0 Å². The van der Waals surface area contributed by atoms with Crippen molar-refractivity contribution in [3.8, 4) is 11.5 Å². The van der Waals surface area contributed by atoms with Crippen molar-refractivity contribution in [2.45, 2.75) is 20.0 Å². The molecule has 0 radical (unpaired) electrons. The SMILES string of the molecule is CCOc1cccc(CCN)c1OCc1sccc1Br. The van der Waals surface area contributed by atoms with E-state index in [2.05, 4.69) is 15.9 Å². The number of hydrogen-bond acceptors (Lipinski definition) is 4. The number of hydrogen-bond donors (Lipinski definition) is 1. The molecule has 0 saturated heterocycles. The van der Waals surface area contributed by atoms with Crippen molar-refractivity contribution in [2.24, 2.45) is 5.73 Å². The fraction of sp³-hybridized carbons (Fsp3) is 0.333. The molecule has 0 atom stereocenters. The van der Waals surface area contributed by atoms with Crippen molar-refractivity contribution in [3.05, 3.63) is 44.6 Å². The van der Waals surface area contributed by atoms with Crippen molar-refractivity contribution < 1.29 is 9.47 Å². The highest BCUT2D eigenvalue weighted by molar-refractivity contribution is 9.10. The summed E-state index contributed by atoms with van der Waals surface area (Å²) in [6.07, 6.45) is 0.780. The Hall–Kier alpha value is -1.04. The summed E-state index contributed by atoms with van der Waals surface area (Å²) in [6, 6.07) is 7.97. The van der Waals surface area contributed by atoms with Gasteiger partial charge in [-0.25, -0.2) is 0 Å². The normalized spacial score (nSPS) is 10.6. The predicted octanol–water partition coefficient (Wildman–Crippen LogP) is 3.99. The number of nitrogens with two attached hydrogens (primary N) is 1. The van der Waals surface area contributed by atoms with E-state index >= 15 is 0 Å². The first-order valence-corrected chi connectivity index (χ1v) is 8.23. The van der Waals surface area contributed by atoms with Crippen LogP contribution in [0.25, 0.3) is 0 Å². The third kappa shape index (κ3) is 3.75. The zero-order valence-electron chi connectivity index (χ0n) is 11.4. The third-order valence-corrected chi connectivity index (χ3v) is 4.71. The lowest BCUT2D eigenvalue weighted by Crippen LogP contribution is -2.07. The Morgan fingerprint density at radius 3 is 2.75 bits per heavy atom. The van der Waals surface area contributed by atoms with Crippen LogP contribution in [0.1, 0.15) is 17.4 Å². The minimum atomic E-state index is 0.528. The van der Waals surface area contributed by atoms with Gasteiger partial charge in [-0.1, -0.05) is 12.1 Å². The van der Waals surface area contributed by atoms with Crippen LogP contribution in [0.2, 0.25) is 0 Å². The predicted molar refractivity (Wildman–Crippen MR) is 86.7 cm³/mol. The van der Waals surface area contributed by atoms with Crippen LogP contribution in [0.3, 0.4) is 0 Å². The zero-order chi connectivity index (χ0) is 14.4. The van der Waals surface area contributed by atoms with Gasteiger partial charge >= 0.3 is 0 Å². The average Bonchev–Trinajstić information content (AvgIpc) is 2.84. The van der Waals surface area contributed by atoms with E-state index in [9.17, 15) is 0 Å². The molecule has 0 spiro atoms. The largest absolute Gasteiger partial charge is 0.490 e. The number of halogens is 1. The monoisotopic (exact) mass is 355 g/mol. The first kappa shape index (κ1) is 15.4. The maximum absolute atomic E-state index is 6.00. The summed E-state index contributed by atoms with van der Waals surface area (Å²) < 4.78 is 12.7. The van der Waals surface area contributed by atoms with Gasteiger partial charge in [-0.05, 0) is 58.9 Å². The Labute approximate surface area is 131 Å². The summed E-state index contributed by atoms with van der Waals surface area (Å²) in [7, 11) is 0. The van der Waals surface area contributed by atoms with E-state index < -0.39 is 0 Å². The van der Waals surface area contributed by atoms with Gasteiger partial charge in [-0.3, -0.25) is 0 Å². The molecule has 0 aliphatic heterocycles. The molecule has 1 aromatic heterocycles. The van der Waals surface area contributed by atoms with Crippen LogP contribution in [0.15, 0.2) is 34.1 Å². The van der Waals surface area contributed by atoms with Crippen LogP contribution in [0.5, 0.6) is 11.5 Å². The molecule has 0 bridgehead atoms. The Kier molecular flexibility index (Phi) is 5.88. The Bertz CT molecular complexity index is 532. The number of para-hydroxylation sites is 1. The molecule has 0 amide bonds. The second kappa shape index (κ2) is 7.67. The average molecular weight is 356 g/mol. The Balaban J connectivity index is 2.20. The molecular formula is C15H18BrNO2S. The molecule has 2 aromatic rings. The topological polar surface area (TPSA) is 44.5 Å². The smallest absolute Gasteiger partial charge is 0.164 e. The molecule has 2 rings (SSSR count). The molecule has 2 N–H and O–H groups in total. The van der Waals surface area contributed by atoms with E-state index in [1.165, 1.54) is 0 Å². The quantitative estimate of drug-likeness (QED) is 0.816. The Morgan fingerprint density at radius 1 is 1.25 bits per heavy atom. The molecule has 5 heteroatoms. The molecule has 0 unspecified atom stereocenters. The lowest BCUT2D eigenvalue weighted by atomic mass is 10.1. The maximum Gasteiger partial charge on any atom is 0.164 e. The third-order valence-electron chi connectivity index (χ3n) is 2.81. The van der Waals surface area contributed by atoms with E-state index in [4.69, 9.17) is 15.2 Å². The summed E-state index contributed by atoms with van der Waals surface area (Å²) in [5, 5.41) is 2.04. The van der Waals surface area contributed by atoms with E-state index in [1.54, 1.807) is 11.3 Å². The van der Waals surface area contributed by atoms with Crippen LogP contribution in [0, 0.1) is 0 Å². The van der Waals surface area contributed by atoms with Gasteiger partial charge < -0.3 is 15.2 Å². The molecule has 1 heterocycles. The number of rotatable bonds is 7. The van der Waals surface area contributed by atoms with Gasteiger partial charge in [0.05, 0.1) is 11.5 Å². The first-order chi connectivity index (χ1) is 9.76. The molecule has 0 saturated carbocycles. The van der Waals surface area contributed by atoms with Gasteiger partial charge in [-0.2, -0.15) is 0 Å². The number of benzene rings is 1. The van der Waals surface area contributed by atoms with Crippen molar-refractivity contribution in [1.29, 1.82) is 0 Å². The zero-order valence-corrected chi connectivity index (χ0v) is 13.8. The molecule has 108 valence electrons. The standard InChI is InChI=1S/C15H18BrNO2S/c1-2-18-13-5-3-4-11(6-8-17)15(13)19-10-14-12(16)7-9-20-14/h3-5,7,9H,2,6,8,10,17H2,1H3. The lowest BCUT2D eigenvalue weighted by Gasteiger charge is -2.15. The van der Waals surface area contributed by atoms with E-state index in [-0.39, 0.29) is 0 Å². The van der Waals surface area contributed by atoms with Crippen LogP contribution in [0.4, 0.5) is 0 Å². The summed E-state index contributed by atoms with van der Waals surface area (Å²) in [5.41, 5.74) is 6.76. The molecule has 0 fully saturated rings. The molecule has 0 aliphatic rings. The fourth-order valence-corrected chi connectivity index (χ4v) is 3.29.